The van der Waals surface area contributed by atoms with Gasteiger partial charge in [-0.05, 0) is 40.2 Å². The van der Waals surface area contributed by atoms with Crippen LogP contribution in [0.4, 0.5) is 0 Å². The third-order valence-corrected chi connectivity index (χ3v) is 3.57. The quantitative estimate of drug-likeness (QED) is 0.684. The Hall–Kier alpha value is -0.160. The molecule has 1 unspecified atom stereocenters. The number of nitrogens with one attached hydrogen (secondary N) is 1. The summed E-state index contributed by atoms with van der Waals surface area (Å²) in [5, 5.41) is 3.63. The van der Waals surface area contributed by atoms with E-state index in [0.717, 1.165) is 19.7 Å². The minimum absolute atomic E-state index is 0.206. The molecular weight excluding hydrogens is 240 g/mol. The molecule has 1 saturated heterocycles. The van der Waals surface area contributed by atoms with E-state index in [-0.39, 0.29) is 5.54 Å². The standard InChI is InChI=1S/C15H32N2O2/c1-15(2,3)16-13-14-7-5-6-8-17(14)9-10-19-12-11-18-4/h14,16H,5-13H2,1-4H3. The average molecular weight is 272 g/mol. The van der Waals surface area contributed by atoms with Gasteiger partial charge in [-0.1, -0.05) is 6.42 Å². The van der Waals surface area contributed by atoms with Crippen molar-refractivity contribution in [2.75, 3.05) is 46.6 Å². The lowest BCUT2D eigenvalue weighted by molar-refractivity contribution is 0.0415. The molecule has 0 bridgehead atoms. The first kappa shape index (κ1) is 16.9. The molecule has 4 nitrogen and oxygen atoms in total. The second kappa shape index (κ2) is 8.90. The Labute approximate surface area is 118 Å². The summed E-state index contributed by atoms with van der Waals surface area (Å²) in [5.41, 5.74) is 0.206. The molecule has 114 valence electrons. The Morgan fingerprint density at radius 1 is 1.16 bits per heavy atom. The zero-order valence-electron chi connectivity index (χ0n) is 13.2. The summed E-state index contributed by atoms with van der Waals surface area (Å²) in [7, 11) is 1.71. The normalized spacial score (nSPS) is 21.8. The van der Waals surface area contributed by atoms with E-state index in [1.165, 1.54) is 25.8 Å². The first-order chi connectivity index (χ1) is 9.03. The van der Waals surface area contributed by atoms with Crippen molar-refractivity contribution in [2.45, 2.75) is 51.6 Å². The Kier molecular flexibility index (Phi) is 7.91. The van der Waals surface area contributed by atoms with Gasteiger partial charge in [-0.2, -0.15) is 0 Å². The fourth-order valence-corrected chi connectivity index (χ4v) is 2.44. The minimum atomic E-state index is 0.206. The van der Waals surface area contributed by atoms with E-state index in [4.69, 9.17) is 9.47 Å². The first-order valence-corrected chi connectivity index (χ1v) is 7.58. The molecule has 1 aliphatic rings. The number of piperidine rings is 1. The maximum absolute atomic E-state index is 5.58. The second-order valence-corrected chi connectivity index (χ2v) is 6.42. The molecule has 19 heavy (non-hydrogen) atoms. The van der Waals surface area contributed by atoms with Crippen molar-refractivity contribution in [2.24, 2.45) is 0 Å². The van der Waals surface area contributed by atoms with Gasteiger partial charge in [0.1, 0.15) is 0 Å². The van der Waals surface area contributed by atoms with Crippen molar-refractivity contribution in [3.05, 3.63) is 0 Å². The number of hydrogen-bond donors (Lipinski definition) is 1. The summed E-state index contributed by atoms with van der Waals surface area (Å²) in [5.74, 6) is 0. The van der Waals surface area contributed by atoms with Crippen molar-refractivity contribution in [3.63, 3.8) is 0 Å². The minimum Gasteiger partial charge on any atom is -0.382 e. The molecule has 1 heterocycles. The third kappa shape index (κ3) is 7.88. The van der Waals surface area contributed by atoms with E-state index in [2.05, 4.69) is 31.0 Å². The van der Waals surface area contributed by atoms with Crippen molar-refractivity contribution in [3.8, 4) is 0 Å². The molecule has 1 N–H and O–H groups in total. The smallest absolute Gasteiger partial charge is 0.0700 e. The maximum atomic E-state index is 5.58. The van der Waals surface area contributed by atoms with Crippen molar-refractivity contribution in [1.82, 2.24) is 10.2 Å². The molecule has 1 fully saturated rings. The first-order valence-electron chi connectivity index (χ1n) is 7.58. The van der Waals surface area contributed by atoms with Crippen LogP contribution < -0.4 is 5.32 Å². The van der Waals surface area contributed by atoms with Crippen LogP contribution in [0.15, 0.2) is 0 Å². The van der Waals surface area contributed by atoms with Crippen molar-refractivity contribution >= 4 is 0 Å². The molecule has 0 aromatic heterocycles. The average Bonchev–Trinajstić information content (AvgIpc) is 2.36. The number of methoxy groups -OCH3 is 1. The van der Waals surface area contributed by atoms with Gasteiger partial charge >= 0.3 is 0 Å². The van der Waals surface area contributed by atoms with Gasteiger partial charge in [0.2, 0.25) is 0 Å². The van der Waals surface area contributed by atoms with Gasteiger partial charge < -0.3 is 14.8 Å². The lowest BCUT2D eigenvalue weighted by atomic mass is 10.0. The van der Waals surface area contributed by atoms with Crippen molar-refractivity contribution in [1.29, 1.82) is 0 Å². The van der Waals surface area contributed by atoms with Crippen LogP contribution in [0.5, 0.6) is 0 Å². The largest absolute Gasteiger partial charge is 0.382 e. The van der Waals surface area contributed by atoms with Crippen LogP contribution in [0.25, 0.3) is 0 Å². The lowest BCUT2D eigenvalue weighted by Crippen LogP contribution is -2.50. The van der Waals surface area contributed by atoms with Gasteiger partial charge in [0.05, 0.1) is 19.8 Å². The fourth-order valence-electron chi connectivity index (χ4n) is 2.44. The molecule has 0 aromatic rings. The van der Waals surface area contributed by atoms with Crippen LogP contribution in [-0.4, -0.2) is 63.0 Å². The van der Waals surface area contributed by atoms with Crippen LogP contribution in [-0.2, 0) is 9.47 Å². The topological polar surface area (TPSA) is 33.7 Å². The summed E-state index contributed by atoms with van der Waals surface area (Å²) >= 11 is 0. The SMILES string of the molecule is COCCOCCN1CCCCC1CNC(C)(C)C. The maximum Gasteiger partial charge on any atom is 0.0700 e. The Morgan fingerprint density at radius 2 is 1.95 bits per heavy atom. The van der Waals surface area contributed by atoms with Gasteiger partial charge in [-0.3, -0.25) is 4.90 Å². The van der Waals surface area contributed by atoms with Crippen LogP contribution in [0, 0.1) is 0 Å². The van der Waals surface area contributed by atoms with E-state index in [9.17, 15) is 0 Å². The Morgan fingerprint density at radius 3 is 2.63 bits per heavy atom. The number of likely N-dealkylation sites (tertiary alicyclic amines) is 1. The van der Waals surface area contributed by atoms with Gasteiger partial charge in [0.25, 0.3) is 0 Å². The summed E-state index contributed by atoms with van der Waals surface area (Å²) in [6.07, 6.45) is 3.99. The number of ether oxygens (including phenoxy) is 2. The van der Waals surface area contributed by atoms with Crippen LogP contribution in [0.2, 0.25) is 0 Å². The summed E-state index contributed by atoms with van der Waals surface area (Å²) in [6, 6.07) is 0.666. The molecule has 1 rings (SSSR count). The van der Waals surface area contributed by atoms with Gasteiger partial charge in [0, 0.05) is 31.8 Å². The summed E-state index contributed by atoms with van der Waals surface area (Å²) in [4.78, 5) is 2.58. The monoisotopic (exact) mass is 272 g/mol. The highest BCUT2D eigenvalue weighted by atomic mass is 16.5. The molecule has 0 radical (unpaired) electrons. The molecule has 1 atom stereocenters. The molecular formula is C15H32N2O2. The van der Waals surface area contributed by atoms with Gasteiger partial charge in [-0.15, -0.1) is 0 Å². The lowest BCUT2D eigenvalue weighted by Gasteiger charge is -2.37. The predicted molar refractivity (Wildman–Crippen MR) is 79.7 cm³/mol. The Bertz CT molecular complexity index is 229. The highest BCUT2D eigenvalue weighted by Crippen LogP contribution is 2.16. The zero-order valence-corrected chi connectivity index (χ0v) is 13.2. The number of rotatable bonds is 8. The van der Waals surface area contributed by atoms with Crippen molar-refractivity contribution < 1.29 is 9.47 Å². The molecule has 0 amide bonds. The Balaban J connectivity index is 2.23. The van der Waals surface area contributed by atoms with Crippen LogP contribution in [0.1, 0.15) is 40.0 Å². The molecule has 0 aliphatic carbocycles. The number of hydrogen-bond acceptors (Lipinski definition) is 4. The molecule has 0 spiro atoms. The van der Waals surface area contributed by atoms with E-state index >= 15 is 0 Å². The number of nitrogens with zero attached hydrogens (tertiary/aromatic N) is 1. The van der Waals surface area contributed by atoms with E-state index < -0.39 is 0 Å². The summed E-state index contributed by atoms with van der Waals surface area (Å²) < 4.78 is 10.6. The van der Waals surface area contributed by atoms with E-state index in [1.807, 2.05) is 0 Å². The fraction of sp³-hybridized carbons (Fsp3) is 1.00. The molecule has 0 saturated carbocycles. The zero-order chi connectivity index (χ0) is 14.1. The van der Waals surface area contributed by atoms with Gasteiger partial charge in [0.15, 0.2) is 0 Å². The summed E-state index contributed by atoms with van der Waals surface area (Å²) in [6.45, 7) is 12.2. The van der Waals surface area contributed by atoms with Crippen LogP contribution >= 0.6 is 0 Å². The molecule has 1 aliphatic heterocycles. The highest BCUT2D eigenvalue weighted by molar-refractivity contribution is 4.82. The predicted octanol–water partition coefficient (Wildman–Crippen LogP) is 1.89. The third-order valence-electron chi connectivity index (χ3n) is 3.57. The second-order valence-electron chi connectivity index (χ2n) is 6.42. The molecule has 0 aromatic carbocycles. The van der Waals surface area contributed by atoms with E-state index in [0.29, 0.717) is 19.3 Å². The van der Waals surface area contributed by atoms with Crippen LogP contribution in [0.3, 0.4) is 0 Å². The van der Waals surface area contributed by atoms with Gasteiger partial charge in [-0.25, -0.2) is 0 Å². The molecule has 4 heteroatoms. The highest BCUT2D eigenvalue weighted by Gasteiger charge is 2.23. The van der Waals surface area contributed by atoms with E-state index in [1.54, 1.807) is 7.11 Å².